The van der Waals surface area contributed by atoms with Crippen molar-refractivity contribution in [3.63, 3.8) is 0 Å². The maximum absolute atomic E-state index is 10.4. The van der Waals surface area contributed by atoms with E-state index in [-0.39, 0.29) is 5.91 Å². The summed E-state index contributed by atoms with van der Waals surface area (Å²) in [6, 6.07) is 0. The summed E-state index contributed by atoms with van der Waals surface area (Å²) in [7, 11) is 0. The lowest BCUT2D eigenvalue weighted by Gasteiger charge is -2.16. The van der Waals surface area contributed by atoms with Gasteiger partial charge < -0.3 is 16.2 Å². The number of nitrogens with one attached hydrogen (secondary N) is 1. The Kier molecular flexibility index (Phi) is 6.49. The number of nitrogens with two attached hydrogens (primary N) is 1. The van der Waals surface area contributed by atoms with Crippen molar-refractivity contribution in [3.05, 3.63) is 0 Å². The number of aliphatic hydroxyl groups is 1. The summed E-state index contributed by atoms with van der Waals surface area (Å²) in [5.74, 6) is -0.235. The summed E-state index contributed by atoms with van der Waals surface area (Å²) in [5, 5.41) is 12.6. The zero-order valence-corrected chi connectivity index (χ0v) is 9.18. The molecule has 4 N–H and O–H groups in total. The van der Waals surface area contributed by atoms with Crippen molar-refractivity contribution in [2.45, 2.75) is 45.1 Å². The first-order valence-electron chi connectivity index (χ1n) is 5.13. The summed E-state index contributed by atoms with van der Waals surface area (Å²) < 4.78 is 0. The van der Waals surface area contributed by atoms with E-state index in [1.165, 1.54) is 0 Å². The molecule has 4 nitrogen and oxygen atoms in total. The van der Waals surface area contributed by atoms with Crippen LogP contribution in [-0.4, -0.2) is 29.7 Å². The first kappa shape index (κ1) is 13.4. The molecule has 0 fully saturated rings. The fourth-order valence-corrected chi connectivity index (χ4v) is 1.07. The molecule has 0 unspecified atom stereocenters. The van der Waals surface area contributed by atoms with Gasteiger partial charge in [0.25, 0.3) is 0 Å². The molecule has 0 radical (unpaired) electrons. The SMILES string of the molecule is CC(C)(O)CCNCCCCC(N)=O. The number of rotatable bonds is 8. The van der Waals surface area contributed by atoms with Crippen LogP contribution in [0.3, 0.4) is 0 Å². The van der Waals surface area contributed by atoms with Gasteiger partial charge in [0.05, 0.1) is 5.60 Å². The molecule has 0 rings (SSSR count). The highest BCUT2D eigenvalue weighted by atomic mass is 16.3. The van der Waals surface area contributed by atoms with E-state index in [2.05, 4.69) is 5.32 Å². The summed E-state index contributed by atoms with van der Waals surface area (Å²) in [4.78, 5) is 10.4. The average molecular weight is 202 g/mol. The van der Waals surface area contributed by atoms with Gasteiger partial charge in [-0.05, 0) is 46.2 Å². The zero-order chi connectivity index (χ0) is 11.0. The Morgan fingerprint density at radius 3 is 2.50 bits per heavy atom. The third kappa shape index (κ3) is 11.4. The molecule has 4 heteroatoms. The van der Waals surface area contributed by atoms with Crippen LogP contribution in [0.25, 0.3) is 0 Å². The summed E-state index contributed by atoms with van der Waals surface area (Å²) >= 11 is 0. The lowest BCUT2D eigenvalue weighted by Crippen LogP contribution is -2.27. The van der Waals surface area contributed by atoms with Crippen molar-refractivity contribution in [2.75, 3.05) is 13.1 Å². The molecular weight excluding hydrogens is 180 g/mol. The van der Waals surface area contributed by atoms with Crippen LogP contribution in [0.4, 0.5) is 0 Å². The van der Waals surface area contributed by atoms with Gasteiger partial charge in [-0.15, -0.1) is 0 Å². The summed E-state index contributed by atoms with van der Waals surface area (Å²) in [6.45, 7) is 5.27. The molecule has 84 valence electrons. The van der Waals surface area contributed by atoms with Gasteiger partial charge in [-0.1, -0.05) is 0 Å². The molecule has 0 aromatic heterocycles. The Labute approximate surface area is 85.9 Å². The second-order valence-electron chi connectivity index (χ2n) is 4.24. The van der Waals surface area contributed by atoms with Gasteiger partial charge in [-0.25, -0.2) is 0 Å². The molecule has 0 saturated carbocycles. The van der Waals surface area contributed by atoms with Crippen LogP contribution in [0.5, 0.6) is 0 Å². The van der Waals surface area contributed by atoms with Crippen molar-refractivity contribution >= 4 is 5.91 Å². The van der Waals surface area contributed by atoms with Gasteiger partial charge in [-0.3, -0.25) is 4.79 Å². The van der Waals surface area contributed by atoms with E-state index in [0.29, 0.717) is 6.42 Å². The zero-order valence-electron chi connectivity index (χ0n) is 9.18. The van der Waals surface area contributed by atoms with Gasteiger partial charge >= 0.3 is 0 Å². The van der Waals surface area contributed by atoms with E-state index >= 15 is 0 Å². The van der Waals surface area contributed by atoms with E-state index in [1.807, 2.05) is 0 Å². The number of hydrogen-bond donors (Lipinski definition) is 3. The van der Waals surface area contributed by atoms with Gasteiger partial charge in [0.2, 0.25) is 5.91 Å². The lowest BCUT2D eigenvalue weighted by atomic mass is 10.1. The van der Waals surface area contributed by atoms with Gasteiger partial charge in [-0.2, -0.15) is 0 Å². The highest BCUT2D eigenvalue weighted by Gasteiger charge is 2.10. The average Bonchev–Trinajstić information content (AvgIpc) is 2.00. The van der Waals surface area contributed by atoms with Gasteiger partial charge in [0.15, 0.2) is 0 Å². The van der Waals surface area contributed by atoms with E-state index < -0.39 is 5.60 Å². The molecule has 0 bridgehead atoms. The van der Waals surface area contributed by atoms with Gasteiger partial charge in [0.1, 0.15) is 0 Å². The molecule has 0 aliphatic carbocycles. The number of amides is 1. The third-order valence-corrected chi connectivity index (χ3v) is 1.94. The Bertz CT molecular complexity index is 164. The predicted molar refractivity (Wildman–Crippen MR) is 56.8 cm³/mol. The topological polar surface area (TPSA) is 75.3 Å². The molecule has 0 atom stereocenters. The van der Waals surface area contributed by atoms with E-state index in [1.54, 1.807) is 13.8 Å². The van der Waals surface area contributed by atoms with Crippen LogP contribution in [0.15, 0.2) is 0 Å². The fraction of sp³-hybridized carbons (Fsp3) is 0.900. The van der Waals surface area contributed by atoms with Crippen LogP contribution >= 0.6 is 0 Å². The normalized spacial score (nSPS) is 11.6. The van der Waals surface area contributed by atoms with Crippen molar-refractivity contribution in [1.29, 1.82) is 0 Å². The monoisotopic (exact) mass is 202 g/mol. The van der Waals surface area contributed by atoms with Crippen molar-refractivity contribution in [3.8, 4) is 0 Å². The number of hydrogen-bond acceptors (Lipinski definition) is 3. The summed E-state index contributed by atoms with van der Waals surface area (Å²) in [5.41, 5.74) is 4.40. The highest BCUT2D eigenvalue weighted by Crippen LogP contribution is 2.04. The fourth-order valence-electron chi connectivity index (χ4n) is 1.07. The highest BCUT2D eigenvalue weighted by molar-refractivity contribution is 5.73. The molecule has 0 spiro atoms. The smallest absolute Gasteiger partial charge is 0.217 e. The van der Waals surface area contributed by atoms with E-state index in [9.17, 15) is 9.90 Å². The first-order chi connectivity index (χ1) is 6.42. The maximum atomic E-state index is 10.4. The Morgan fingerprint density at radius 1 is 1.36 bits per heavy atom. The second kappa shape index (κ2) is 6.79. The molecule has 0 heterocycles. The molecule has 0 aromatic rings. The minimum Gasteiger partial charge on any atom is -0.390 e. The molecule has 0 aliphatic rings. The summed E-state index contributed by atoms with van der Waals surface area (Å²) in [6.07, 6.45) is 3.00. The number of carbonyl (C=O) groups is 1. The number of primary amides is 1. The first-order valence-corrected chi connectivity index (χ1v) is 5.13. The Balaban J connectivity index is 3.11. The van der Waals surface area contributed by atoms with Crippen LogP contribution < -0.4 is 11.1 Å². The molecule has 14 heavy (non-hydrogen) atoms. The Hall–Kier alpha value is -0.610. The van der Waals surface area contributed by atoms with Crippen molar-refractivity contribution < 1.29 is 9.90 Å². The van der Waals surface area contributed by atoms with Crippen LogP contribution in [0.2, 0.25) is 0 Å². The van der Waals surface area contributed by atoms with Gasteiger partial charge in [0, 0.05) is 6.42 Å². The molecule has 0 saturated heterocycles. The Morgan fingerprint density at radius 2 is 2.00 bits per heavy atom. The molecule has 0 aliphatic heterocycles. The van der Waals surface area contributed by atoms with Crippen molar-refractivity contribution in [2.24, 2.45) is 5.73 Å². The minimum atomic E-state index is -0.597. The predicted octanol–water partition coefficient (Wildman–Crippen LogP) is 0.393. The van der Waals surface area contributed by atoms with Crippen LogP contribution in [-0.2, 0) is 4.79 Å². The quantitative estimate of drug-likeness (QED) is 0.498. The van der Waals surface area contributed by atoms with Crippen LogP contribution in [0.1, 0.15) is 39.5 Å². The van der Waals surface area contributed by atoms with Crippen molar-refractivity contribution in [1.82, 2.24) is 5.32 Å². The molecule has 1 amide bonds. The maximum Gasteiger partial charge on any atom is 0.217 e. The lowest BCUT2D eigenvalue weighted by molar-refractivity contribution is -0.118. The molecular formula is C10H22N2O2. The molecule has 0 aromatic carbocycles. The van der Waals surface area contributed by atoms with E-state index in [4.69, 9.17) is 5.73 Å². The van der Waals surface area contributed by atoms with E-state index in [0.717, 1.165) is 32.4 Å². The largest absolute Gasteiger partial charge is 0.390 e. The number of carbonyl (C=O) groups excluding carboxylic acids is 1. The standard InChI is InChI=1S/C10H22N2O2/c1-10(2,14)6-8-12-7-4-3-5-9(11)13/h12,14H,3-8H2,1-2H3,(H2,11,13). The third-order valence-electron chi connectivity index (χ3n) is 1.94. The second-order valence-corrected chi connectivity index (χ2v) is 4.24. The number of unbranched alkanes of at least 4 members (excludes halogenated alkanes) is 1. The minimum absolute atomic E-state index is 0.235. The van der Waals surface area contributed by atoms with Crippen LogP contribution in [0, 0.1) is 0 Å².